The quantitative estimate of drug-likeness (QED) is 0.340. The van der Waals surface area contributed by atoms with E-state index in [2.05, 4.69) is 52.8 Å². The molecule has 0 N–H and O–H groups in total. The molecule has 0 aliphatic carbocycles. The predicted octanol–water partition coefficient (Wildman–Crippen LogP) is 3.96. The first kappa shape index (κ1) is 19.5. The highest BCUT2D eigenvalue weighted by molar-refractivity contribution is 6.87. The summed E-state index contributed by atoms with van der Waals surface area (Å²) in [5, 5.41) is 0. The van der Waals surface area contributed by atoms with Crippen molar-refractivity contribution in [2.45, 2.75) is 70.8 Å². The molecule has 4 nitrogen and oxygen atoms in total. The Morgan fingerprint density at radius 3 is 1.81 bits per heavy atom. The van der Waals surface area contributed by atoms with Crippen molar-refractivity contribution in [3.05, 3.63) is 0 Å². The average Bonchev–Trinajstić information content (AvgIpc) is 2.89. The molecule has 7 heteroatoms. The van der Waals surface area contributed by atoms with Gasteiger partial charge >= 0.3 is 8.56 Å². The van der Waals surface area contributed by atoms with E-state index in [9.17, 15) is 0 Å². The van der Waals surface area contributed by atoms with Crippen LogP contribution in [0.3, 0.4) is 0 Å². The summed E-state index contributed by atoms with van der Waals surface area (Å²) in [6.45, 7) is 20.1. The van der Waals surface area contributed by atoms with E-state index in [-0.39, 0.29) is 5.60 Å². The van der Waals surface area contributed by atoms with Gasteiger partial charge in [-0.05, 0) is 65.2 Å². The molecule has 0 aromatic rings. The van der Waals surface area contributed by atoms with Crippen molar-refractivity contribution in [3.8, 4) is 0 Å². The lowest BCUT2D eigenvalue weighted by molar-refractivity contribution is 0.0850. The van der Waals surface area contributed by atoms with Crippen LogP contribution in [0.5, 0.6) is 0 Å². The number of hydrogen-bond donors (Lipinski definition) is 0. The lowest BCUT2D eigenvalue weighted by Gasteiger charge is -2.38. The SMILES string of the molecule is CC1(COCCC[Si](C)(O[Si](C)(C)C)O[Si](C)(C)C)CO1. The zero-order valence-corrected chi connectivity index (χ0v) is 18.2. The Kier molecular flexibility index (Phi) is 6.46. The topological polar surface area (TPSA) is 40.2 Å². The van der Waals surface area contributed by atoms with Crippen LogP contribution in [0.1, 0.15) is 13.3 Å². The summed E-state index contributed by atoms with van der Waals surface area (Å²) in [5.41, 5.74) is -0.00955. The lowest BCUT2D eigenvalue weighted by atomic mass is 10.2. The number of rotatable bonds is 10. The van der Waals surface area contributed by atoms with Gasteiger partial charge in [0.05, 0.1) is 13.2 Å². The van der Waals surface area contributed by atoms with Gasteiger partial charge in [0.25, 0.3) is 0 Å². The minimum Gasteiger partial charge on any atom is -0.437 e. The molecule has 0 amide bonds. The van der Waals surface area contributed by atoms with Crippen LogP contribution in [-0.2, 0) is 17.7 Å². The molecular weight excluding hydrogens is 316 g/mol. The molecule has 0 radical (unpaired) electrons. The molecule has 1 aliphatic rings. The molecule has 1 atom stereocenters. The summed E-state index contributed by atoms with van der Waals surface area (Å²) >= 11 is 0. The van der Waals surface area contributed by atoms with Crippen LogP contribution >= 0.6 is 0 Å². The first-order valence-corrected chi connectivity index (χ1v) is 17.3. The van der Waals surface area contributed by atoms with E-state index in [0.717, 1.165) is 25.7 Å². The number of ether oxygens (including phenoxy) is 2. The van der Waals surface area contributed by atoms with Gasteiger partial charge in [-0.15, -0.1) is 0 Å². The molecule has 1 fully saturated rings. The molecule has 0 spiro atoms. The zero-order chi connectivity index (χ0) is 16.4. The number of epoxide rings is 1. The zero-order valence-electron chi connectivity index (χ0n) is 15.2. The standard InChI is InChI=1S/C14H34O4Si3/c1-14(13-16-14)12-15-10-9-11-21(8,17-19(2,3)4)18-20(5,6)7/h9-13H2,1-8H3. The fraction of sp³-hybridized carbons (Fsp3) is 1.00. The Labute approximate surface area is 134 Å². The molecule has 0 aromatic carbocycles. The van der Waals surface area contributed by atoms with E-state index >= 15 is 0 Å². The average molecular weight is 351 g/mol. The summed E-state index contributed by atoms with van der Waals surface area (Å²) in [6.07, 6.45) is 1.01. The van der Waals surface area contributed by atoms with Gasteiger partial charge in [-0.3, -0.25) is 0 Å². The van der Waals surface area contributed by atoms with Crippen LogP contribution in [0.2, 0.25) is 51.9 Å². The summed E-state index contributed by atoms with van der Waals surface area (Å²) in [4.78, 5) is 0. The summed E-state index contributed by atoms with van der Waals surface area (Å²) < 4.78 is 24.0. The minimum absolute atomic E-state index is 0.00955. The highest BCUT2D eigenvalue weighted by Crippen LogP contribution is 2.27. The van der Waals surface area contributed by atoms with E-state index in [1.54, 1.807) is 0 Å². The molecule has 1 saturated heterocycles. The van der Waals surface area contributed by atoms with Gasteiger partial charge in [0.1, 0.15) is 5.60 Å². The van der Waals surface area contributed by atoms with Gasteiger partial charge in [0.15, 0.2) is 16.6 Å². The lowest BCUT2D eigenvalue weighted by Crippen LogP contribution is -2.52. The van der Waals surface area contributed by atoms with Gasteiger partial charge < -0.3 is 17.7 Å². The predicted molar refractivity (Wildman–Crippen MR) is 95.1 cm³/mol. The van der Waals surface area contributed by atoms with Crippen molar-refractivity contribution in [1.82, 2.24) is 0 Å². The van der Waals surface area contributed by atoms with E-state index in [1.165, 1.54) is 0 Å². The molecule has 0 bridgehead atoms. The van der Waals surface area contributed by atoms with E-state index in [0.29, 0.717) is 6.61 Å². The molecule has 1 unspecified atom stereocenters. The van der Waals surface area contributed by atoms with Gasteiger partial charge in [0.2, 0.25) is 0 Å². The molecule has 0 saturated carbocycles. The fourth-order valence-electron chi connectivity index (χ4n) is 2.41. The molecule has 1 rings (SSSR count). The Hall–Kier alpha value is 0.491. The van der Waals surface area contributed by atoms with Gasteiger partial charge in [0, 0.05) is 6.61 Å². The first-order valence-electron chi connectivity index (χ1n) is 7.95. The Bertz CT molecular complexity index is 316. The van der Waals surface area contributed by atoms with Crippen molar-refractivity contribution in [3.63, 3.8) is 0 Å². The van der Waals surface area contributed by atoms with Crippen molar-refractivity contribution < 1.29 is 17.7 Å². The molecule has 21 heavy (non-hydrogen) atoms. The van der Waals surface area contributed by atoms with Crippen LogP contribution in [-0.4, -0.2) is 50.6 Å². The van der Waals surface area contributed by atoms with Gasteiger partial charge in [-0.2, -0.15) is 0 Å². The van der Waals surface area contributed by atoms with E-state index in [4.69, 9.17) is 17.7 Å². The van der Waals surface area contributed by atoms with E-state index < -0.39 is 25.2 Å². The van der Waals surface area contributed by atoms with Crippen LogP contribution in [0, 0.1) is 0 Å². The maximum absolute atomic E-state index is 6.47. The smallest absolute Gasteiger partial charge is 0.314 e. The van der Waals surface area contributed by atoms with Crippen LogP contribution < -0.4 is 0 Å². The van der Waals surface area contributed by atoms with Crippen LogP contribution in [0.15, 0.2) is 0 Å². The minimum atomic E-state index is -2.09. The Morgan fingerprint density at radius 2 is 1.43 bits per heavy atom. The van der Waals surface area contributed by atoms with Crippen molar-refractivity contribution in [1.29, 1.82) is 0 Å². The van der Waals surface area contributed by atoms with Crippen molar-refractivity contribution >= 4 is 25.2 Å². The maximum atomic E-state index is 6.47. The van der Waals surface area contributed by atoms with Crippen LogP contribution in [0.4, 0.5) is 0 Å². The van der Waals surface area contributed by atoms with Crippen molar-refractivity contribution in [2.24, 2.45) is 0 Å². The highest BCUT2D eigenvalue weighted by Gasteiger charge is 2.41. The van der Waals surface area contributed by atoms with Gasteiger partial charge in [-0.1, -0.05) is 0 Å². The largest absolute Gasteiger partial charge is 0.437 e. The summed E-state index contributed by atoms with van der Waals surface area (Å²) in [7, 11) is -5.25. The first-order chi connectivity index (χ1) is 9.33. The summed E-state index contributed by atoms with van der Waals surface area (Å²) in [6, 6.07) is 1.01. The Balaban J connectivity index is 2.40. The Morgan fingerprint density at radius 1 is 0.952 bits per heavy atom. The molecule has 0 aromatic heterocycles. The second kappa shape index (κ2) is 6.94. The normalized spacial score (nSPS) is 23.4. The third kappa shape index (κ3) is 9.27. The molecule has 126 valence electrons. The number of hydrogen-bond acceptors (Lipinski definition) is 4. The summed E-state index contributed by atoms with van der Waals surface area (Å²) in [5.74, 6) is 0. The van der Waals surface area contributed by atoms with Crippen LogP contribution in [0.25, 0.3) is 0 Å². The monoisotopic (exact) mass is 350 g/mol. The molecular formula is C14H34O4Si3. The van der Waals surface area contributed by atoms with Crippen molar-refractivity contribution in [2.75, 3.05) is 19.8 Å². The van der Waals surface area contributed by atoms with Gasteiger partial charge in [-0.25, -0.2) is 0 Å². The second-order valence-corrected chi connectivity index (χ2v) is 21.3. The second-order valence-electron chi connectivity index (χ2n) is 8.46. The third-order valence-electron chi connectivity index (χ3n) is 3.01. The highest BCUT2D eigenvalue weighted by atomic mass is 28.5. The van der Waals surface area contributed by atoms with E-state index in [1.807, 2.05) is 0 Å². The molecule has 1 heterocycles. The fourth-order valence-corrected chi connectivity index (χ4v) is 14.9. The molecule has 1 aliphatic heterocycles. The third-order valence-corrected chi connectivity index (χ3v) is 12.6. The maximum Gasteiger partial charge on any atom is 0.314 e.